The zero-order valence-corrected chi connectivity index (χ0v) is 10.3. The minimum absolute atomic E-state index is 0.703. The lowest BCUT2D eigenvalue weighted by Gasteiger charge is -2.18. The lowest BCUT2D eigenvalue weighted by Crippen LogP contribution is -2.18. The van der Waals surface area contributed by atoms with Crippen LogP contribution in [0.5, 0.6) is 0 Å². The van der Waals surface area contributed by atoms with Gasteiger partial charge in [-0.05, 0) is 37.0 Å². The van der Waals surface area contributed by atoms with Crippen LogP contribution in [-0.4, -0.2) is 6.04 Å². The highest BCUT2D eigenvalue weighted by atomic mass is 14.9. The molecular weight excluding hydrogens is 194 g/mol. The summed E-state index contributed by atoms with van der Waals surface area (Å²) in [6, 6.07) is 9.57. The van der Waals surface area contributed by atoms with Gasteiger partial charge in [0.1, 0.15) is 0 Å². The Morgan fingerprint density at radius 2 is 1.88 bits per heavy atom. The van der Waals surface area contributed by atoms with Gasteiger partial charge in [-0.15, -0.1) is 0 Å². The van der Waals surface area contributed by atoms with Crippen LogP contribution in [0.4, 0.5) is 5.69 Å². The molecule has 0 saturated heterocycles. The van der Waals surface area contributed by atoms with E-state index in [1.807, 2.05) is 0 Å². The Kier molecular flexibility index (Phi) is 4.26. The number of hydrogen-bond acceptors (Lipinski definition) is 1. The Morgan fingerprint density at radius 1 is 1.12 bits per heavy atom. The van der Waals surface area contributed by atoms with Crippen molar-refractivity contribution >= 4 is 5.69 Å². The van der Waals surface area contributed by atoms with Crippen LogP contribution in [0.15, 0.2) is 24.3 Å². The predicted octanol–water partition coefficient (Wildman–Crippen LogP) is 4.38. The smallest absolute Gasteiger partial charge is 0.0345 e. The molecule has 16 heavy (non-hydrogen) atoms. The monoisotopic (exact) mass is 217 g/mol. The van der Waals surface area contributed by atoms with Gasteiger partial charge in [-0.3, -0.25) is 0 Å². The quantitative estimate of drug-likeness (QED) is 0.741. The molecule has 1 nitrogen and oxygen atoms in total. The predicted molar refractivity (Wildman–Crippen MR) is 70.9 cm³/mol. The second-order valence-electron chi connectivity index (χ2n) is 4.89. The Hall–Kier alpha value is -0.980. The molecule has 1 aromatic rings. The van der Waals surface area contributed by atoms with Crippen molar-refractivity contribution in [1.29, 1.82) is 0 Å². The van der Waals surface area contributed by atoms with Crippen molar-refractivity contribution in [3.8, 4) is 0 Å². The summed E-state index contributed by atoms with van der Waals surface area (Å²) < 4.78 is 0. The molecule has 88 valence electrons. The van der Waals surface area contributed by atoms with Crippen LogP contribution in [-0.2, 0) is 6.42 Å². The normalized spacial score (nSPS) is 18.1. The van der Waals surface area contributed by atoms with Crippen LogP contribution in [0.1, 0.15) is 51.0 Å². The number of nitrogens with one attached hydrogen (secondary N) is 1. The van der Waals surface area contributed by atoms with E-state index >= 15 is 0 Å². The van der Waals surface area contributed by atoms with E-state index in [2.05, 4.69) is 36.5 Å². The van der Waals surface area contributed by atoms with Gasteiger partial charge in [0, 0.05) is 11.7 Å². The molecule has 0 aromatic heterocycles. The fraction of sp³-hybridized carbons (Fsp3) is 0.600. The van der Waals surface area contributed by atoms with Gasteiger partial charge in [0.25, 0.3) is 0 Å². The summed E-state index contributed by atoms with van der Waals surface area (Å²) in [6.07, 6.45) is 9.45. The van der Waals surface area contributed by atoms with E-state index in [9.17, 15) is 0 Å². The molecule has 0 atom stereocenters. The van der Waals surface area contributed by atoms with Crippen molar-refractivity contribution in [3.63, 3.8) is 0 Å². The van der Waals surface area contributed by atoms with Crippen molar-refractivity contribution in [3.05, 3.63) is 29.8 Å². The first-order chi connectivity index (χ1) is 7.88. The second-order valence-corrected chi connectivity index (χ2v) is 4.89. The molecule has 1 heteroatoms. The molecule has 1 N–H and O–H groups in total. The van der Waals surface area contributed by atoms with Crippen LogP contribution in [0.2, 0.25) is 0 Å². The molecule has 0 amide bonds. The van der Waals surface area contributed by atoms with Crippen LogP contribution in [0, 0.1) is 0 Å². The first kappa shape index (κ1) is 11.5. The molecule has 0 bridgehead atoms. The molecule has 1 aliphatic rings. The second kappa shape index (κ2) is 5.93. The van der Waals surface area contributed by atoms with Crippen LogP contribution < -0.4 is 5.32 Å². The van der Waals surface area contributed by atoms with Gasteiger partial charge >= 0.3 is 0 Å². The van der Waals surface area contributed by atoms with Gasteiger partial charge < -0.3 is 5.32 Å². The summed E-state index contributed by atoms with van der Waals surface area (Å²) in [5.74, 6) is 0. The topological polar surface area (TPSA) is 12.0 Å². The third kappa shape index (κ3) is 3.26. The third-order valence-electron chi connectivity index (χ3n) is 3.56. The minimum atomic E-state index is 0.703. The molecular formula is C15H23N. The maximum Gasteiger partial charge on any atom is 0.0345 e. The number of anilines is 1. The van der Waals surface area contributed by atoms with Gasteiger partial charge in [0.2, 0.25) is 0 Å². The Bertz CT molecular complexity index is 311. The van der Waals surface area contributed by atoms with Gasteiger partial charge in [0.05, 0.1) is 0 Å². The van der Waals surface area contributed by atoms with E-state index in [4.69, 9.17) is 0 Å². The summed E-state index contributed by atoms with van der Waals surface area (Å²) >= 11 is 0. The molecule has 2 rings (SSSR count). The summed E-state index contributed by atoms with van der Waals surface area (Å²) in [5, 5.41) is 3.70. The van der Waals surface area contributed by atoms with Crippen molar-refractivity contribution in [2.45, 2.75) is 57.9 Å². The van der Waals surface area contributed by atoms with Crippen LogP contribution in [0.3, 0.4) is 0 Å². The summed E-state index contributed by atoms with van der Waals surface area (Å²) in [5.41, 5.74) is 2.74. The maximum absolute atomic E-state index is 3.70. The lowest BCUT2D eigenvalue weighted by molar-refractivity contribution is 0.620. The highest BCUT2D eigenvalue weighted by molar-refractivity contribution is 5.46. The van der Waals surface area contributed by atoms with Gasteiger partial charge in [-0.1, -0.05) is 44.7 Å². The number of rotatable bonds is 3. The lowest BCUT2D eigenvalue weighted by atomic mass is 10.1. The number of aryl methyl sites for hydroxylation is 1. The zero-order chi connectivity index (χ0) is 11.2. The summed E-state index contributed by atoms with van der Waals surface area (Å²) in [6.45, 7) is 2.21. The minimum Gasteiger partial charge on any atom is -0.382 e. The van der Waals surface area contributed by atoms with Crippen molar-refractivity contribution in [1.82, 2.24) is 0 Å². The molecule has 0 unspecified atom stereocenters. The van der Waals surface area contributed by atoms with E-state index < -0.39 is 0 Å². The number of hydrogen-bond donors (Lipinski definition) is 1. The molecule has 1 aliphatic carbocycles. The molecule has 0 radical (unpaired) electrons. The van der Waals surface area contributed by atoms with Crippen LogP contribution >= 0.6 is 0 Å². The standard InChI is InChI=1S/C15H23N/c1-2-13-8-7-11-15(12-13)16-14-9-5-3-4-6-10-14/h7-8,11-12,14,16H,2-6,9-10H2,1H3. The van der Waals surface area contributed by atoms with Gasteiger partial charge in [-0.25, -0.2) is 0 Å². The van der Waals surface area contributed by atoms with E-state index in [-0.39, 0.29) is 0 Å². The summed E-state index contributed by atoms with van der Waals surface area (Å²) in [7, 11) is 0. The highest BCUT2D eigenvalue weighted by Crippen LogP contribution is 2.21. The molecule has 0 spiro atoms. The zero-order valence-electron chi connectivity index (χ0n) is 10.3. The Balaban J connectivity index is 1.96. The molecule has 0 heterocycles. The van der Waals surface area contributed by atoms with Gasteiger partial charge in [0.15, 0.2) is 0 Å². The highest BCUT2D eigenvalue weighted by Gasteiger charge is 2.11. The van der Waals surface area contributed by atoms with E-state index in [0.717, 1.165) is 6.42 Å². The molecule has 1 aromatic carbocycles. The fourth-order valence-electron chi connectivity index (χ4n) is 2.54. The average molecular weight is 217 g/mol. The Morgan fingerprint density at radius 3 is 2.56 bits per heavy atom. The molecule has 1 saturated carbocycles. The van der Waals surface area contributed by atoms with Crippen molar-refractivity contribution < 1.29 is 0 Å². The van der Waals surface area contributed by atoms with E-state index in [0.29, 0.717) is 6.04 Å². The first-order valence-corrected chi connectivity index (χ1v) is 6.74. The largest absolute Gasteiger partial charge is 0.382 e. The fourth-order valence-corrected chi connectivity index (χ4v) is 2.54. The van der Waals surface area contributed by atoms with E-state index in [1.165, 1.54) is 49.8 Å². The SMILES string of the molecule is CCc1cccc(NC2CCCCCC2)c1. The van der Waals surface area contributed by atoms with Crippen molar-refractivity contribution in [2.24, 2.45) is 0 Å². The van der Waals surface area contributed by atoms with Crippen molar-refractivity contribution in [2.75, 3.05) is 5.32 Å². The number of benzene rings is 1. The van der Waals surface area contributed by atoms with Crippen LogP contribution in [0.25, 0.3) is 0 Å². The van der Waals surface area contributed by atoms with E-state index in [1.54, 1.807) is 0 Å². The third-order valence-corrected chi connectivity index (χ3v) is 3.56. The molecule has 0 aliphatic heterocycles. The first-order valence-electron chi connectivity index (χ1n) is 6.74. The molecule has 1 fully saturated rings. The Labute approximate surface area is 99.3 Å². The maximum atomic E-state index is 3.70. The average Bonchev–Trinajstić information content (AvgIpc) is 2.58. The summed E-state index contributed by atoms with van der Waals surface area (Å²) in [4.78, 5) is 0. The van der Waals surface area contributed by atoms with Gasteiger partial charge in [-0.2, -0.15) is 0 Å².